The molecule has 34 heavy (non-hydrogen) atoms. The van der Waals surface area contributed by atoms with E-state index < -0.39 is 16.1 Å². The van der Waals surface area contributed by atoms with Crippen molar-refractivity contribution in [2.45, 2.75) is 13.2 Å². The van der Waals surface area contributed by atoms with E-state index in [2.05, 4.69) is 0 Å². The normalized spacial score (nSPS) is 14.6. The van der Waals surface area contributed by atoms with Gasteiger partial charge in [0, 0.05) is 16.1 Å². The van der Waals surface area contributed by atoms with Crippen LogP contribution in [0.5, 0.6) is 5.75 Å². The Labute approximate surface area is 209 Å². The van der Waals surface area contributed by atoms with Gasteiger partial charge in [-0.1, -0.05) is 53.5 Å². The Morgan fingerprint density at radius 2 is 1.79 bits per heavy atom. The zero-order valence-corrected chi connectivity index (χ0v) is 19.8. The van der Waals surface area contributed by atoms with Crippen LogP contribution in [0.4, 0.5) is 10.5 Å². The van der Waals surface area contributed by atoms with Crippen molar-refractivity contribution >= 4 is 57.9 Å². The predicted molar refractivity (Wildman–Crippen MR) is 132 cm³/mol. The minimum absolute atomic E-state index is 0.0129. The summed E-state index contributed by atoms with van der Waals surface area (Å²) in [6.45, 7) is 0.0516. The fraction of sp³-hybridized carbons (Fsp3) is 0.0833. The third-order valence-electron chi connectivity index (χ3n) is 4.96. The van der Waals surface area contributed by atoms with Crippen LogP contribution in [-0.4, -0.2) is 21.0 Å². The summed E-state index contributed by atoms with van der Waals surface area (Å²) in [5.41, 5.74) is 1.68. The maximum absolute atomic E-state index is 12.9. The molecule has 1 fully saturated rings. The second-order valence-corrected chi connectivity index (χ2v) is 9.09. The lowest BCUT2D eigenvalue weighted by Crippen LogP contribution is -2.27. The smallest absolute Gasteiger partial charge is 0.293 e. The van der Waals surface area contributed by atoms with Crippen molar-refractivity contribution in [1.82, 2.24) is 4.90 Å². The molecule has 0 unspecified atom stereocenters. The first-order valence-electron chi connectivity index (χ1n) is 9.96. The highest BCUT2D eigenvalue weighted by Gasteiger charge is 2.35. The lowest BCUT2D eigenvalue weighted by Gasteiger charge is -2.13. The molecule has 1 saturated heterocycles. The summed E-state index contributed by atoms with van der Waals surface area (Å²) in [5.74, 6) is 0.0475. The Kier molecular flexibility index (Phi) is 7.21. The van der Waals surface area contributed by atoms with E-state index in [-0.39, 0.29) is 23.7 Å². The van der Waals surface area contributed by atoms with Gasteiger partial charge in [0.15, 0.2) is 0 Å². The number of amides is 2. The van der Waals surface area contributed by atoms with E-state index >= 15 is 0 Å². The van der Waals surface area contributed by atoms with E-state index in [1.165, 1.54) is 6.07 Å². The van der Waals surface area contributed by atoms with Crippen LogP contribution in [0.3, 0.4) is 0 Å². The third kappa shape index (κ3) is 5.41. The van der Waals surface area contributed by atoms with Gasteiger partial charge in [-0.15, -0.1) is 0 Å². The molecule has 1 aliphatic rings. The standard InChI is InChI=1S/C24H16Cl2N2O5S/c25-18-9-8-16(20(26)12-18)13-27-23(29)22(34-24(27)30)11-15-4-3-6-19(10-15)33-14-17-5-1-2-7-21(17)28(31)32/h1-12H,13-14H2/b22-11-. The van der Waals surface area contributed by atoms with Gasteiger partial charge in [0.1, 0.15) is 12.4 Å². The van der Waals surface area contributed by atoms with E-state index in [1.807, 2.05) is 0 Å². The number of halogens is 2. The minimum atomic E-state index is -0.456. The summed E-state index contributed by atoms with van der Waals surface area (Å²) >= 11 is 12.9. The van der Waals surface area contributed by atoms with Crippen molar-refractivity contribution in [3.63, 3.8) is 0 Å². The molecule has 0 atom stereocenters. The Morgan fingerprint density at radius 3 is 2.56 bits per heavy atom. The summed E-state index contributed by atoms with van der Waals surface area (Å²) < 4.78 is 5.73. The van der Waals surface area contributed by atoms with E-state index in [1.54, 1.807) is 66.7 Å². The second kappa shape index (κ2) is 10.3. The molecule has 1 aliphatic heterocycles. The second-order valence-electron chi connectivity index (χ2n) is 7.25. The van der Waals surface area contributed by atoms with Gasteiger partial charge in [0.2, 0.25) is 0 Å². The van der Waals surface area contributed by atoms with Crippen LogP contribution >= 0.6 is 35.0 Å². The van der Waals surface area contributed by atoms with Gasteiger partial charge in [-0.3, -0.25) is 24.6 Å². The number of nitro benzene ring substituents is 1. The van der Waals surface area contributed by atoms with Crippen LogP contribution in [-0.2, 0) is 17.9 Å². The highest BCUT2D eigenvalue weighted by molar-refractivity contribution is 8.18. The topological polar surface area (TPSA) is 89.7 Å². The number of hydrogen-bond acceptors (Lipinski definition) is 6. The van der Waals surface area contributed by atoms with Gasteiger partial charge in [0.05, 0.1) is 21.9 Å². The summed E-state index contributed by atoms with van der Waals surface area (Å²) in [4.78, 5) is 37.4. The van der Waals surface area contributed by atoms with Gasteiger partial charge >= 0.3 is 0 Å². The molecule has 1 heterocycles. The zero-order chi connectivity index (χ0) is 24.2. The molecule has 4 rings (SSSR count). The Morgan fingerprint density at radius 1 is 1.00 bits per heavy atom. The maximum atomic E-state index is 12.9. The molecule has 3 aromatic carbocycles. The fourth-order valence-electron chi connectivity index (χ4n) is 3.27. The van der Waals surface area contributed by atoms with Crippen molar-refractivity contribution in [1.29, 1.82) is 0 Å². The fourth-order valence-corrected chi connectivity index (χ4v) is 4.58. The Balaban J connectivity index is 1.48. The molecule has 2 amide bonds. The van der Waals surface area contributed by atoms with Gasteiger partial charge < -0.3 is 4.74 Å². The summed E-state index contributed by atoms with van der Waals surface area (Å²) in [7, 11) is 0. The molecule has 0 bridgehead atoms. The molecular weight excluding hydrogens is 499 g/mol. The van der Waals surface area contributed by atoms with Gasteiger partial charge in [-0.05, 0) is 59.3 Å². The van der Waals surface area contributed by atoms with Crippen LogP contribution in [0.15, 0.2) is 71.6 Å². The first-order chi connectivity index (χ1) is 16.3. The lowest BCUT2D eigenvalue weighted by molar-refractivity contribution is -0.385. The number of thioether (sulfide) groups is 1. The molecule has 0 N–H and O–H groups in total. The number of hydrogen-bond donors (Lipinski definition) is 0. The monoisotopic (exact) mass is 514 g/mol. The number of carbonyl (C=O) groups is 2. The average Bonchev–Trinajstić information content (AvgIpc) is 3.07. The van der Waals surface area contributed by atoms with Crippen LogP contribution in [0.2, 0.25) is 10.0 Å². The van der Waals surface area contributed by atoms with E-state index in [4.69, 9.17) is 27.9 Å². The zero-order valence-electron chi connectivity index (χ0n) is 17.4. The summed E-state index contributed by atoms with van der Waals surface area (Å²) in [6.07, 6.45) is 1.60. The lowest BCUT2D eigenvalue weighted by atomic mass is 10.1. The number of nitrogens with zero attached hydrogens (tertiary/aromatic N) is 2. The van der Waals surface area contributed by atoms with Gasteiger partial charge in [-0.25, -0.2) is 0 Å². The summed E-state index contributed by atoms with van der Waals surface area (Å²) in [6, 6.07) is 18.1. The Hall–Kier alpha value is -3.33. The van der Waals surface area contributed by atoms with Crippen molar-refractivity contribution in [2.24, 2.45) is 0 Å². The SMILES string of the molecule is O=C1S/C(=C\c2cccc(OCc3ccccc3[N+](=O)[O-])c2)C(=O)N1Cc1ccc(Cl)cc1Cl. The molecule has 3 aromatic rings. The molecule has 172 valence electrons. The van der Waals surface area contributed by atoms with Crippen molar-refractivity contribution < 1.29 is 19.2 Å². The Bertz CT molecular complexity index is 1330. The van der Waals surface area contributed by atoms with Gasteiger partial charge in [-0.2, -0.15) is 0 Å². The van der Waals surface area contributed by atoms with Crippen LogP contribution in [0, 0.1) is 10.1 Å². The van der Waals surface area contributed by atoms with E-state index in [0.29, 0.717) is 32.5 Å². The predicted octanol–water partition coefficient (Wildman–Crippen LogP) is 6.72. The van der Waals surface area contributed by atoms with Crippen molar-refractivity contribution in [3.05, 3.63) is 108 Å². The number of imide groups is 1. The first kappa shape index (κ1) is 23.8. The molecule has 0 radical (unpaired) electrons. The van der Waals surface area contributed by atoms with Crippen LogP contribution in [0.25, 0.3) is 6.08 Å². The largest absolute Gasteiger partial charge is 0.489 e. The number of carbonyl (C=O) groups excluding carboxylic acids is 2. The minimum Gasteiger partial charge on any atom is -0.489 e. The maximum Gasteiger partial charge on any atom is 0.293 e. The number of ether oxygens (including phenoxy) is 1. The van der Waals surface area contributed by atoms with Gasteiger partial charge in [0.25, 0.3) is 16.8 Å². The molecule has 7 nitrogen and oxygen atoms in total. The number of para-hydroxylation sites is 1. The van der Waals surface area contributed by atoms with Crippen molar-refractivity contribution in [2.75, 3.05) is 0 Å². The van der Waals surface area contributed by atoms with Crippen LogP contribution < -0.4 is 4.74 Å². The number of nitro groups is 1. The first-order valence-corrected chi connectivity index (χ1v) is 11.5. The molecule has 0 spiro atoms. The molecule has 0 aromatic heterocycles. The quantitative estimate of drug-likeness (QED) is 0.197. The molecule has 10 heteroatoms. The highest BCUT2D eigenvalue weighted by atomic mass is 35.5. The third-order valence-corrected chi connectivity index (χ3v) is 6.45. The highest BCUT2D eigenvalue weighted by Crippen LogP contribution is 2.35. The van der Waals surface area contributed by atoms with E-state index in [0.717, 1.165) is 16.7 Å². The average molecular weight is 515 g/mol. The molecular formula is C24H16Cl2N2O5S. The molecule has 0 saturated carbocycles. The number of benzene rings is 3. The van der Waals surface area contributed by atoms with Crippen LogP contribution in [0.1, 0.15) is 16.7 Å². The van der Waals surface area contributed by atoms with Crippen molar-refractivity contribution in [3.8, 4) is 5.75 Å². The number of rotatable bonds is 7. The van der Waals surface area contributed by atoms with E-state index in [9.17, 15) is 19.7 Å². The summed E-state index contributed by atoms with van der Waals surface area (Å²) in [5, 5.41) is 11.6. The molecule has 0 aliphatic carbocycles.